The molecular weight excluding hydrogens is 226 g/mol. The van der Waals surface area contributed by atoms with E-state index < -0.39 is 11.5 Å². The second kappa shape index (κ2) is 4.20. The van der Waals surface area contributed by atoms with E-state index in [0.29, 0.717) is 5.82 Å². The lowest BCUT2D eigenvalue weighted by Crippen LogP contribution is -2.25. The Kier molecular flexibility index (Phi) is 2.73. The van der Waals surface area contributed by atoms with E-state index in [1.54, 1.807) is 6.92 Å². The predicted octanol–water partition coefficient (Wildman–Crippen LogP) is 0.286. The summed E-state index contributed by atoms with van der Waals surface area (Å²) in [4.78, 5) is 26.4. The van der Waals surface area contributed by atoms with Crippen molar-refractivity contribution in [3.63, 3.8) is 0 Å². The van der Waals surface area contributed by atoms with Crippen LogP contribution in [0.25, 0.3) is 0 Å². The molecule has 0 saturated carbocycles. The lowest BCUT2D eigenvalue weighted by Gasteiger charge is -2.05. The van der Waals surface area contributed by atoms with Crippen LogP contribution in [-0.4, -0.2) is 25.8 Å². The Hall–Kier alpha value is -2.44. The van der Waals surface area contributed by atoms with Crippen LogP contribution in [0.4, 0.5) is 0 Å². The number of hydrogen-bond donors (Lipinski definition) is 1. The zero-order chi connectivity index (χ0) is 12.4. The minimum atomic E-state index is -1.18. The van der Waals surface area contributed by atoms with E-state index in [2.05, 4.69) is 10.1 Å². The first-order chi connectivity index (χ1) is 8.08. The fourth-order valence-corrected chi connectivity index (χ4v) is 1.41. The normalized spacial score (nSPS) is 10.4. The van der Waals surface area contributed by atoms with Gasteiger partial charge in [-0.25, -0.2) is 4.79 Å². The van der Waals surface area contributed by atoms with Crippen LogP contribution in [0.3, 0.4) is 0 Å². The van der Waals surface area contributed by atoms with Crippen molar-refractivity contribution in [2.24, 2.45) is 0 Å². The molecule has 0 aliphatic carbocycles. The Morgan fingerprint density at radius 3 is 2.88 bits per heavy atom. The molecule has 17 heavy (non-hydrogen) atoms. The molecule has 0 aliphatic heterocycles. The molecular formula is C10H9N3O4. The van der Waals surface area contributed by atoms with Gasteiger partial charge in [0.05, 0.1) is 0 Å². The van der Waals surface area contributed by atoms with E-state index in [-0.39, 0.29) is 18.1 Å². The first-order valence-corrected chi connectivity index (χ1v) is 4.80. The average Bonchev–Trinajstić information content (AvgIpc) is 2.67. The summed E-state index contributed by atoms with van der Waals surface area (Å²) in [6.07, 6.45) is 0. The molecule has 0 aliphatic rings. The topological polar surface area (TPSA) is 98.2 Å². The minimum absolute atomic E-state index is 0.0534. The molecule has 7 heteroatoms. The van der Waals surface area contributed by atoms with E-state index in [4.69, 9.17) is 9.63 Å². The molecule has 0 saturated heterocycles. The maximum absolute atomic E-state index is 11.6. The van der Waals surface area contributed by atoms with E-state index in [1.165, 1.54) is 18.2 Å². The van der Waals surface area contributed by atoms with Gasteiger partial charge >= 0.3 is 5.97 Å². The maximum Gasteiger partial charge on any atom is 0.352 e. The number of pyridine rings is 1. The number of aryl methyl sites for hydroxylation is 1. The Labute approximate surface area is 95.3 Å². The second-order valence-corrected chi connectivity index (χ2v) is 3.38. The number of aromatic carboxylic acids is 1. The number of carboxylic acids is 1. The lowest BCUT2D eigenvalue weighted by atomic mass is 10.3. The zero-order valence-electron chi connectivity index (χ0n) is 8.95. The molecule has 2 aromatic rings. The fourth-order valence-electron chi connectivity index (χ4n) is 1.41. The number of nitrogens with zero attached hydrogens (tertiary/aromatic N) is 3. The summed E-state index contributed by atoms with van der Waals surface area (Å²) in [5, 5.41) is 12.5. The van der Waals surface area contributed by atoms with Crippen molar-refractivity contribution < 1.29 is 14.4 Å². The summed E-state index contributed by atoms with van der Waals surface area (Å²) in [6, 6.07) is 4.00. The molecule has 0 bridgehead atoms. The summed E-state index contributed by atoms with van der Waals surface area (Å²) in [6.45, 7) is 1.58. The molecule has 2 aromatic heterocycles. The number of rotatable bonds is 3. The quantitative estimate of drug-likeness (QED) is 0.820. The lowest BCUT2D eigenvalue weighted by molar-refractivity contribution is 0.0683. The van der Waals surface area contributed by atoms with Gasteiger partial charge in [-0.2, -0.15) is 4.98 Å². The van der Waals surface area contributed by atoms with Crippen LogP contribution < -0.4 is 5.56 Å². The van der Waals surface area contributed by atoms with Crippen LogP contribution in [0.1, 0.15) is 22.2 Å². The average molecular weight is 235 g/mol. The Morgan fingerprint density at radius 1 is 1.53 bits per heavy atom. The first-order valence-electron chi connectivity index (χ1n) is 4.80. The molecule has 88 valence electrons. The minimum Gasteiger partial charge on any atom is -0.477 e. The Bertz CT molecular complexity index is 614. The number of aromatic nitrogens is 3. The van der Waals surface area contributed by atoms with Crippen molar-refractivity contribution in [3.05, 3.63) is 46.0 Å². The van der Waals surface area contributed by atoms with Gasteiger partial charge in [-0.1, -0.05) is 11.2 Å². The van der Waals surface area contributed by atoms with Crippen molar-refractivity contribution in [2.45, 2.75) is 13.5 Å². The van der Waals surface area contributed by atoms with E-state index in [1.807, 2.05) is 0 Å². The zero-order valence-corrected chi connectivity index (χ0v) is 8.95. The highest BCUT2D eigenvalue weighted by atomic mass is 16.5. The van der Waals surface area contributed by atoms with Crippen molar-refractivity contribution in [1.82, 2.24) is 14.7 Å². The third-order valence-corrected chi connectivity index (χ3v) is 2.13. The van der Waals surface area contributed by atoms with Gasteiger partial charge in [0, 0.05) is 6.07 Å². The van der Waals surface area contributed by atoms with Crippen molar-refractivity contribution in [2.75, 3.05) is 0 Å². The highest BCUT2D eigenvalue weighted by Crippen LogP contribution is 2.02. The summed E-state index contributed by atoms with van der Waals surface area (Å²) in [5.74, 6) is -0.557. The van der Waals surface area contributed by atoms with Gasteiger partial charge in [0.15, 0.2) is 5.82 Å². The molecule has 0 atom stereocenters. The summed E-state index contributed by atoms with van der Waals surface area (Å²) in [5.41, 5.74) is -0.547. The highest BCUT2D eigenvalue weighted by molar-refractivity contribution is 5.85. The predicted molar refractivity (Wildman–Crippen MR) is 55.8 cm³/mol. The molecule has 2 heterocycles. The van der Waals surface area contributed by atoms with Gasteiger partial charge < -0.3 is 9.63 Å². The van der Waals surface area contributed by atoms with Crippen molar-refractivity contribution in [1.29, 1.82) is 0 Å². The van der Waals surface area contributed by atoms with Gasteiger partial charge in [0.2, 0.25) is 5.89 Å². The summed E-state index contributed by atoms with van der Waals surface area (Å²) < 4.78 is 5.91. The monoisotopic (exact) mass is 235 g/mol. The van der Waals surface area contributed by atoms with Gasteiger partial charge in [-0.15, -0.1) is 0 Å². The van der Waals surface area contributed by atoms with Gasteiger partial charge in [0.25, 0.3) is 5.56 Å². The van der Waals surface area contributed by atoms with Crippen LogP contribution in [0.5, 0.6) is 0 Å². The molecule has 2 rings (SSSR count). The van der Waals surface area contributed by atoms with E-state index >= 15 is 0 Å². The van der Waals surface area contributed by atoms with Crippen LogP contribution >= 0.6 is 0 Å². The second-order valence-electron chi connectivity index (χ2n) is 3.38. The SMILES string of the molecule is Cc1noc(Cn2c(C(=O)O)cccc2=O)n1. The van der Waals surface area contributed by atoms with Crippen LogP contribution in [0.15, 0.2) is 27.5 Å². The molecule has 0 spiro atoms. The standard InChI is InChI=1S/C10H9N3O4/c1-6-11-8(17-12-6)5-13-7(10(15)16)3-2-4-9(13)14/h2-4H,5H2,1H3,(H,15,16). The van der Waals surface area contributed by atoms with Gasteiger partial charge in [-0.3, -0.25) is 9.36 Å². The van der Waals surface area contributed by atoms with Gasteiger partial charge in [0.1, 0.15) is 12.2 Å². The third kappa shape index (κ3) is 2.22. The molecule has 7 nitrogen and oxygen atoms in total. The van der Waals surface area contributed by atoms with E-state index in [0.717, 1.165) is 4.57 Å². The first kappa shape index (κ1) is 11.1. The van der Waals surface area contributed by atoms with E-state index in [9.17, 15) is 9.59 Å². The molecule has 0 radical (unpaired) electrons. The molecule has 0 amide bonds. The number of hydrogen-bond acceptors (Lipinski definition) is 5. The Morgan fingerprint density at radius 2 is 2.29 bits per heavy atom. The highest BCUT2D eigenvalue weighted by Gasteiger charge is 2.13. The largest absolute Gasteiger partial charge is 0.477 e. The van der Waals surface area contributed by atoms with Crippen molar-refractivity contribution >= 4 is 5.97 Å². The summed E-state index contributed by atoms with van der Waals surface area (Å²) in [7, 11) is 0. The fraction of sp³-hybridized carbons (Fsp3) is 0.200. The number of carbonyl (C=O) groups is 1. The molecule has 1 N–H and O–H groups in total. The van der Waals surface area contributed by atoms with Crippen LogP contribution in [0, 0.1) is 6.92 Å². The maximum atomic E-state index is 11.6. The van der Waals surface area contributed by atoms with Crippen LogP contribution in [-0.2, 0) is 6.54 Å². The summed E-state index contributed by atoms with van der Waals surface area (Å²) >= 11 is 0. The Balaban J connectivity index is 2.44. The van der Waals surface area contributed by atoms with Crippen molar-refractivity contribution in [3.8, 4) is 0 Å². The molecule has 0 aromatic carbocycles. The smallest absolute Gasteiger partial charge is 0.352 e. The number of carboxylic acid groups (broad SMARTS) is 1. The third-order valence-electron chi connectivity index (χ3n) is 2.13. The molecule has 0 fully saturated rings. The molecule has 0 unspecified atom stereocenters. The van der Waals surface area contributed by atoms with Gasteiger partial charge in [-0.05, 0) is 13.0 Å². The van der Waals surface area contributed by atoms with Crippen LogP contribution in [0.2, 0.25) is 0 Å².